The van der Waals surface area contributed by atoms with Crippen molar-refractivity contribution in [3.05, 3.63) is 64.2 Å². The van der Waals surface area contributed by atoms with Gasteiger partial charge in [-0.05, 0) is 43.2 Å². The number of nitrogens with one attached hydrogen (secondary N) is 1. The monoisotopic (exact) mass is 433 g/mol. The molecule has 10 nitrogen and oxygen atoms in total. The Kier molecular flexibility index (Phi) is 6.43. The van der Waals surface area contributed by atoms with Gasteiger partial charge < -0.3 is 10.1 Å². The molecule has 0 aromatic heterocycles. The van der Waals surface area contributed by atoms with Crippen LogP contribution in [0.3, 0.4) is 0 Å². The lowest BCUT2D eigenvalue weighted by atomic mass is 10.2. The molecule has 1 aliphatic heterocycles. The number of nitro benzene ring substituents is 1. The van der Waals surface area contributed by atoms with Crippen molar-refractivity contribution < 1.29 is 27.7 Å². The van der Waals surface area contributed by atoms with E-state index in [0.29, 0.717) is 13.1 Å². The highest BCUT2D eigenvalue weighted by atomic mass is 32.2. The van der Waals surface area contributed by atoms with Gasteiger partial charge in [-0.25, -0.2) is 13.2 Å². The van der Waals surface area contributed by atoms with Crippen LogP contribution in [0, 0.1) is 10.1 Å². The minimum atomic E-state index is -3.62. The summed E-state index contributed by atoms with van der Waals surface area (Å²) < 4.78 is 31.5. The quantitative estimate of drug-likeness (QED) is 0.401. The summed E-state index contributed by atoms with van der Waals surface area (Å²) in [6.45, 7) is 0.341. The van der Waals surface area contributed by atoms with E-state index in [1.807, 2.05) is 0 Å². The highest BCUT2D eigenvalue weighted by Gasteiger charge is 2.27. The molecule has 2 aromatic rings. The Morgan fingerprint density at radius 2 is 1.77 bits per heavy atom. The zero-order chi connectivity index (χ0) is 21.7. The number of rotatable bonds is 7. The molecular formula is C19H19N3O7S. The third-order valence-electron chi connectivity index (χ3n) is 4.47. The Bertz CT molecular complexity index is 1060. The number of nitrogens with zero attached hydrogens (tertiary/aromatic N) is 2. The fraction of sp³-hybridized carbons (Fsp3) is 0.263. The maximum atomic E-state index is 12.6. The number of hydrogen-bond acceptors (Lipinski definition) is 7. The van der Waals surface area contributed by atoms with E-state index in [9.17, 15) is 28.1 Å². The van der Waals surface area contributed by atoms with Gasteiger partial charge in [0.25, 0.3) is 11.6 Å². The zero-order valence-electron chi connectivity index (χ0n) is 15.8. The standard InChI is InChI=1S/C19H19N3O7S/c23-18(13-29-19(24)14-6-8-16(9-7-14)22(25)26)20-15-4-3-5-17(12-15)30(27,28)21-10-1-2-11-21/h3-9,12H,1-2,10-11,13H2,(H,20,23). The van der Waals surface area contributed by atoms with Crippen LogP contribution in [0.2, 0.25) is 0 Å². The lowest BCUT2D eigenvalue weighted by molar-refractivity contribution is -0.384. The minimum absolute atomic E-state index is 0.0621. The number of sulfonamides is 1. The highest BCUT2D eigenvalue weighted by molar-refractivity contribution is 7.89. The Morgan fingerprint density at radius 3 is 2.40 bits per heavy atom. The smallest absolute Gasteiger partial charge is 0.338 e. The zero-order valence-corrected chi connectivity index (χ0v) is 16.6. The largest absolute Gasteiger partial charge is 0.452 e. The fourth-order valence-electron chi connectivity index (χ4n) is 2.94. The molecule has 158 valence electrons. The summed E-state index contributed by atoms with van der Waals surface area (Å²) >= 11 is 0. The number of carbonyl (C=O) groups is 2. The number of benzene rings is 2. The van der Waals surface area contributed by atoms with Crippen LogP contribution in [0.5, 0.6) is 0 Å². The Morgan fingerprint density at radius 1 is 1.10 bits per heavy atom. The molecule has 1 fully saturated rings. The molecule has 0 atom stereocenters. The average Bonchev–Trinajstić information content (AvgIpc) is 3.28. The number of anilines is 1. The third kappa shape index (κ3) is 4.99. The Labute approximate surface area is 172 Å². The summed E-state index contributed by atoms with van der Waals surface area (Å²) in [6, 6.07) is 10.6. The van der Waals surface area contributed by atoms with Crippen molar-refractivity contribution in [2.75, 3.05) is 25.0 Å². The van der Waals surface area contributed by atoms with Gasteiger partial charge in [-0.1, -0.05) is 6.07 Å². The van der Waals surface area contributed by atoms with Gasteiger partial charge in [-0.15, -0.1) is 0 Å². The van der Waals surface area contributed by atoms with E-state index in [1.54, 1.807) is 0 Å². The average molecular weight is 433 g/mol. The molecule has 1 aliphatic rings. The highest BCUT2D eigenvalue weighted by Crippen LogP contribution is 2.23. The minimum Gasteiger partial charge on any atom is -0.452 e. The van der Waals surface area contributed by atoms with Crippen molar-refractivity contribution in [3.8, 4) is 0 Å². The van der Waals surface area contributed by atoms with Crippen molar-refractivity contribution in [2.24, 2.45) is 0 Å². The predicted molar refractivity (Wildman–Crippen MR) is 106 cm³/mol. The van der Waals surface area contributed by atoms with Gasteiger partial charge in [0.2, 0.25) is 10.0 Å². The number of nitro groups is 1. The predicted octanol–water partition coefficient (Wildman–Crippen LogP) is 2.17. The fourth-order valence-corrected chi connectivity index (χ4v) is 4.51. The number of amides is 1. The molecule has 1 heterocycles. The van der Waals surface area contributed by atoms with Crippen molar-refractivity contribution in [1.29, 1.82) is 0 Å². The molecule has 1 N–H and O–H groups in total. The first kappa shape index (κ1) is 21.4. The lowest BCUT2D eigenvalue weighted by Crippen LogP contribution is -2.28. The summed E-state index contributed by atoms with van der Waals surface area (Å²) in [5.74, 6) is -1.47. The van der Waals surface area contributed by atoms with Crippen LogP contribution in [0.15, 0.2) is 53.4 Å². The molecule has 1 saturated heterocycles. The molecule has 0 bridgehead atoms. The van der Waals surface area contributed by atoms with Crippen molar-refractivity contribution in [3.63, 3.8) is 0 Å². The molecule has 0 unspecified atom stereocenters. The molecule has 3 rings (SSSR count). The summed E-state index contributed by atoms with van der Waals surface area (Å²) in [7, 11) is -3.62. The van der Waals surface area contributed by atoms with Gasteiger partial charge >= 0.3 is 5.97 Å². The molecule has 0 radical (unpaired) electrons. The maximum Gasteiger partial charge on any atom is 0.338 e. The summed E-state index contributed by atoms with van der Waals surface area (Å²) in [6.07, 6.45) is 1.63. The molecule has 0 aliphatic carbocycles. The normalized spacial score (nSPS) is 14.3. The van der Waals surface area contributed by atoms with Crippen molar-refractivity contribution in [1.82, 2.24) is 4.31 Å². The van der Waals surface area contributed by atoms with Crippen LogP contribution in [0.1, 0.15) is 23.2 Å². The van der Waals surface area contributed by atoms with Crippen molar-refractivity contribution in [2.45, 2.75) is 17.7 Å². The van der Waals surface area contributed by atoms with Gasteiger partial charge in [0.1, 0.15) is 0 Å². The van der Waals surface area contributed by atoms with Gasteiger partial charge in [-0.2, -0.15) is 4.31 Å². The van der Waals surface area contributed by atoms with E-state index in [1.165, 1.54) is 40.7 Å². The maximum absolute atomic E-state index is 12.6. The van der Waals surface area contributed by atoms with Crippen LogP contribution < -0.4 is 5.32 Å². The van der Waals surface area contributed by atoms with E-state index in [4.69, 9.17) is 4.74 Å². The van der Waals surface area contributed by atoms with Crippen LogP contribution in [-0.2, 0) is 19.6 Å². The van der Waals surface area contributed by atoms with Crippen LogP contribution >= 0.6 is 0 Å². The summed E-state index contributed by atoms with van der Waals surface area (Å²) in [5.41, 5.74) is 0.145. The van der Waals surface area contributed by atoms with E-state index in [2.05, 4.69) is 5.32 Å². The summed E-state index contributed by atoms with van der Waals surface area (Å²) in [5, 5.41) is 13.1. The number of carbonyl (C=O) groups excluding carboxylic acids is 2. The molecule has 0 saturated carbocycles. The lowest BCUT2D eigenvalue weighted by Gasteiger charge is -2.16. The molecule has 30 heavy (non-hydrogen) atoms. The SMILES string of the molecule is O=C(COC(=O)c1ccc([N+](=O)[O-])cc1)Nc1cccc(S(=O)(=O)N2CCCC2)c1. The second kappa shape index (κ2) is 9.01. The first-order chi connectivity index (χ1) is 14.3. The van der Waals surface area contributed by atoms with E-state index >= 15 is 0 Å². The second-order valence-corrected chi connectivity index (χ2v) is 8.51. The van der Waals surface area contributed by atoms with Crippen LogP contribution in [0.4, 0.5) is 11.4 Å². The second-order valence-electron chi connectivity index (χ2n) is 6.57. The van der Waals surface area contributed by atoms with E-state index in [-0.39, 0.29) is 21.8 Å². The molecule has 1 amide bonds. The first-order valence-electron chi connectivity index (χ1n) is 9.09. The number of hydrogen-bond donors (Lipinski definition) is 1. The first-order valence-corrected chi connectivity index (χ1v) is 10.5. The molecule has 2 aromatic carbocycles. The third-order valence-corrected chi connectivity index (χ3v) is 6.36. The van der Waals surface area contributed by atoms with Gasteiger partial charge in [0.15, 0.2) is 6.61 Å². The molecule has 0 spiro atoms. The topological polar surface area (TPSA) is 136 Å². The van der Waals surface area contributed by atoms with Gasteiger partial charge in [-0.3, -0.25) is 14.9 Å². The number of non-ortho nitro benzene ring substituents is 1. The van der Waals surface area contributed by atoms with E-state index in [0.717, 1.165) is 25.0 Å². The summed E-state index contributed by atoms with van der Waals surface area (Å²) in [4.78, 5) is 34.1. The molecular weight excluding hydrogens is 414 g/mol. The Hall–Kier alpha value is -3.31. The van der Waals surface area contributed by atoms with Crippen LogP contribution in [0.25, 0.3) is 0 Å². The van der Waals surface area contributed by atoms with E-state index < -0.39 is 33.4 Å². The number of esters is 1. The van der Waals surface area contributed by atoms with Gasteiger partial charge in [0.05, 0.1) is 15.4 Å². The van der Waals surface area contributed by atoms with Crippen molar-refractivity contribution >= 4 is 33.3 Å². The van der Waals surface area contributed by atoms with Crippen LogP contribution in [-0.4, -0.2) is 49.2 Å². The Balaban J connectivity index is 1.58. The molecule has 11 heteroatoms. The van der Waals surface area contributed by atoms with Gasteiger partial charge in [0, 0.05) is 30.9 Å². The number of ether oxygens (including phenoxy) is 1.